The minimum absolute atomic E-state index is 0.00637. The van der Waals surface area contributed by atoms with Crippen molar-refractivity contribution in [2.24, 2.45) is 5.92 Å². The van der Waals surface area contributed by atoms with Crippen LogP contribution in [0.1, 0.15) is 44.7 Å². The molecule has 0 amide bonds. The summed E-state index contributed by atoms with van der Waals surface area (Å²) in [5, 5.41) is 0. The van der Waals surface area contributed by atoms with E-state index in [9.17, 15) is 9.59 Å². The fourth-order valence-corrected chi connectivity index (χ4v) is 2.09. The van der Waals surface area contributed by atoms with Crippen molar-refractivity contribution in [1.82, 2.24) is 4.98 Å². The Kier molecular flexibility index (Phi) is 5.89. The number of rotatable bonds is 7. The molecule has 0 atom stereocenters. The summed E-state index contributed by atoms with van der Waals surface area (Å²) < 4.78 is 10.8. The first-order chi connectivity index (χ1) is 11.2. The maximum atomic E-state index is 12.4. The van der Waals surface area contributed by atoms with Gasteiger partial charge < -0.3 is 9.47 Å². The van der Waals surface area contributed by atoms with Gasteiger partial charge in [-0.3, -0.25) is 9.78 Å². The molecule has 0 bridgehead atoms. The van der Waals surface area contributed by atoms with Gasteiger partial charge in [-0.2, -0.15) is 0 Å². The maximum Gasteiger partial charge on any atom is 0.342 e. The molecule has 1 heterocycles. The molecule has 1 aromatic rings. The molecule has 2 rings (SSSR count). The van der Waals surface area contributed by atoms with Crippen molar-refractivity contribution in [2.75, 3.05) is 13.2 Å². The van der Waals surface area contributed by atoms with E-state index in [1.807, 2.05) is 13.0 Å². The Bertz CT molecular complexity index is 639. The van der Waals surface area contributed by atoms with Crippen LogP contribution in [-0.2, 0) is 19.1 Å². The lowest BCUT2D eigenvalue weighted by molar-refractivity contribution is -0.151. The highest BCUT2D eigenvalue weighted by Gasteiger charge is 2.26. The number of hydrogen-bond acceptors (Lipinski definition) is 5. The van der Waals surface area contributed by atoms with Crippen molar-refractivity contribution in [2.45, 2.75) is 46.1 Å². The standard InChI is InChI=1S/C19H25NO4/c1-13-7-15(10-20-9-13)8-16(18(22)24-19(2,3)4)17(21)12-23-11-14-5-6-14/h7-10,14H,5-6,11-12H2,1-4H3. The Morgan fingerprint density at radius 2 is 2.00 bits per heavy atom. The number of ketones is 1. The molecule has 1 aliphatic carbocycles. The lowest BCUT2D eigenvalue weighted by atomic mass is 10.1. The van der Waals surface area contributed by atoms with Gasteiger partial charge in [-0.15, -0.1) is 0 Å². The largest absolute Gasteiger partial charge is 0.456 e. The van der Waals surface area contributed by atoms with Gasteiger partial charge in [0.25, 0.3) is 0 Å². The van der Waals surface area contributed by atoms with Crippen LogP contribution in [0.25, 0.3) is 6.08 Å². The number of esters is 1. The van der Waals surface area contributed by atoms with E-state index in [0.29, 0.717) is 18.1 Å². The predicted octanol–water partition coefficient (Wildman–Crippen LogP) is 3.11. The highest BCUT2D eigenvalue weighted by Crippen LogP contribution is 2.28. The average molecular weight is 331 g/mol. The highest BCUT2D eigenvalue weighted by atomic mass is 16.6. The molecule has 0 spiro atoms. The van der Waals surface area contributed by atoms with Gasteiger partial charge in [-0.1, -0.05) is 0 Å². The molecule has 0 radical (unpaired) electrons. The molecule has 0 saturated heterocycles. The molecule has 24 heavy (non-hydrogen) atoms. The molecule has 0 aliphatic heterocycles. The number of Topliss-reactive ketones (excluding diaryl/α,β-unsaturated/α-hetero) is 1. The topological polar surface area (TPSA) is 65.5 Å². The van der Waals surface area contributed by atoms with Gasteiger partial charge in [-0.25, -0.2) is 4.79 Å². The molecule has 0 unspecified atom stereocenters. The minimum Gasteiger partial charge on any atom is -0.456 e. The van der Waals surface area contributed by atoms with Crippen molar-refractivity contribution >= 4 is 17.8 Å². The Hall–Kier alpha value is -2.01. The van der Waals surface area contributed by atoms with E-state index < -0.39 is 11.6 Å². The summed E-state index contributed by atoms with van der Waals surface area (Å²) in [6.07, 6.45) is 7.15. The second-order valence-corrected chi connectivity index (χ2v) is 7.24. The number of aryl methyl sites for hydroxylation is 1. The van der Waals surface area contributed by atoms with Gasteiger partial charge in [0.2, 0.25) is 0 Å². The normalized spacial score (nSPS) is 15.2. The monoisotopic (exact) mass is 331 g/mol. The van der Waals surface area contributed by atoms with Gasteiger partial charge in [0.05, 0.1) is 6.61 Å². The van der Waals surface area contributed by atoms with Crippen LogP contribution in [0.3, 0.4) is 0 Å². The van der Waals surface area contributed by atoms with E-state index >= 15 is 0 Å². The van der Waals surface area contributed by atoms with E-state index in [0.717, 1.165) is 18.4 Å². The molecule has 1 aliphatic rings. The zero-order chi connectivity index (χ0) is 17.7. The molecular formula is C19H25NO4. The van der Waals surface area contributed by atoms with Gasteiger partial charge in [-0.05, 0) is 69.7 Å². The van der Waals surface area contributed by atoms with Gasteiger partial charge >= 0.3 is 5.97 Å². The fourth-order valence-electron chi connectivity index (χ4n) is 2.09. The summed E-state index contributed by atoms with van der Waals surface area (Å²) in [7, 11) is 0. The van der Waals surface area contributed by atoms with Crippen molar-refractivity contribution in [3.63, 3.8) is 0 Å². The number of aromatic nitrogens is 1. The number of carbonyl (C=O) groups is 2. The quantitative estimate of drug-likeness (QED) is 0.332. The molecule has 0 aromatic carbocycles. The van der Waals surface area contributed by atoms with Gasteiger partial charge in [0, 0.05) is 12.4 Å². The SMILES string of the molecule is Cc1cncc(C=C(C(=O)COCC2CC2)C(=O)OC(C)(C)C)c1. The Labute approximate surface area is 143 Å². The zero-order valence-electron chi connectivity index (χ0n) is 14.8. The smallest absolute Gasteiger partial charge is 0.342 e. The second kappa shape index (κ2) is 7.71. The van der Waals surface area contributed by atoms with Crippen molar-refractivity contribution in [1.29, 1.82) is 0 Å². The third kappa shape index (κ3) is 6.24. The summed E-state index contributed by atoms with van der Waals surface area (Å²) in [4.78, 5) is 28.9. The molecule has 0 N–H and O–H groups in total. The van der Waals surface area contributed by atoms with Crippen LogP contribution in [-0.4, -0.2) is 35.6 Å². The van der Waals surface area contributed by atoms with Gasteiger partial charge in [0.15, 0.2) is 5.78 Å². The van der Waals surface area contributed by atoms with E-state index in [4.69, 9.17) is 9.47 Å². The number of pyridine rings is 1. The molecular weight excluding hydrogens is 306 g/mol. The first kappa shape index (κ1) is 18.3. The third-order valence-electron chi connectivity index (χ3n) is 3.41. The van der Waals surface area contributed by atoms with Crippen LogP contribution in [0.15, 0.2) is 24.0 Å². The minimum atomic E-state index is -0.670. The van der Waals surface area contributed by atoms with Crippen LogP contribution < -0.4 is 0 Å². The van der Waals surface area contributed by atoms with E-state index in [2.05, 4.69) is 4.98 Å². The van der Waals surface area contributed by atoms with E-state index in [-0.39, 0.29) is 18.0 Å². The number of nitrogens with zero attached hydrogens (tertiary/aromatic N) is 1. The molecule has 5 nitrogen and oxygen atoms in total. The van der Waals surface area contributed by atoms with E-state index in [1.54, 1.807) is 33.2 Å². The summed E-state index contributed by atoms with van der Waals surface area (Å²) in [6, 6.07) is 1.86. The number of ether oxygens (including phenoxy) is 2. The average Bonchev–Trinajstić information content (AvgIpc) is 3.27. The lowest BCUT2D eigenvalue weighted by Crippen LogP contribution is -2.28. The molecule has 5 heteroatoms. The van der Waals surface area contributed by atoms with Gasteiger partial charge in [0.1, 0.15) is 17.8 Å². The van der Waals surface area contributed by atoms with Crippen LogP contribution in [0.4, 0.5) is 0 Å². The summed E-state index contributed by atoms with van der Waals surface area (Å²) in [6.45, 7) is 7.67. The van der Waals surface area contributed by atoms with Crippen molar-refractivity contribution in [3.05, 3.63) is 35.2 Å². The zero-order valence-corrected chi connectivity index (χ0v) is 14.8. The first-order valence-corrected chi connectivity index (χ1v) is 8.22. The Morgan fingerprint density at radius 3 is 2.58 bits per heavy atom. The van der Waals surface area contributed by atoms with Crippen molar-refractivity contribution in [3.8, 4) is 0 Å². The maximum absolute atomic E-state index is 12.4. The summed E-state index contributed by atoms with van der Waals surface area (Å²) >= 11 is 0. The highest BCUT2D eigenvalue weighted by molar-refractivity contribution is 6.21. The van der Waals surface area contributed by atoms with E-state index in [1.165, 1.54) is 6.08 Å². The predicted molar refractivity (Wildman–Crippen MR) is 91.3 cm³/mol. The fraction of sp³-hybridized carbons (Fsp3) is 0.526. The molecule has 1 aromatic heterocycles. The Balaban J connectivity index is 2.15. The lowest BCUT2D eigenvalue weighted by Gasteiger charge is -2.20. The van der Waals surface area contributed by atoms with Crippen LogP contribution >= 0.6 is 0 Å². The van der Waals surface area contributed by atoms with Crippen LogP contribution in [0, 0.1) is 12.8 Å². The van der Waals surface area contributed by atoms with Crippen molar-refractivity contribution < 1.29 is 19.1 Å². The molecule has 1 fully saturated rings. The number of hydrogen-bond donors (Lipinski definition) is 0. The van der Waals surface area contributed by atoms with Crippen LogP contribution in [0.5, 0.6) is 0 Å². The third-order valence-corrected chi connectivity index (χ3v) is 3.41. The molecule has 130 valence electrons. The summed E-state index contributed by atoms with van der Waals surface area (Å²) in [5.74, 6) is -0.442. The Morgan fingerprint density at radius 1 is 1.29 bits per heavy atom. The number of carbonyl (C=O) groups excluding carboxylic acids is 2. The first-order valence-electron chi connectivity index (χ1n) is 8.22. The summed E-state index contributed by atoms with van der Waals surface area (Å²) in [5.41, 5.74) is 0.958. The second-order valence-electron chi connectivity index (χ2n) is 7.24. The molecule has 1 saturated carbocycles. The van der Waals surface area contributed by atoms with Crippen LogP contribution in [0.2, 0.25) is 0 Å².